The van der Waals surface area contributed by atoms with E-state index in [9.17, 15) is 4.79 Å². The van der Waals surface area contributed by atoms with Crippen molar-refractivity contribution in [1.29, 1.82) is 0 Å². The Kier molecular flexibility index (Phi) is 3.31. The molecule has 0 amide bonds. The normalized spacial score (nSPS) is 10.4. The molecule has 3 nitrogen and oxygen atoms in total. The first-order chi connectivity index (χ1) is 7.72. The number of H-pyrrole nitrogens is 1. The Bertz CT molecular complexity index is 530. The number of hydrogen-bond donors (Lipinski definition) is 2. The summed E-state index contributed by atoms with van der Waals surface area (Å²) in [6.07, 6.45) is 0. The largest absolute Gasteiger partial charge is 0.375 e. The Morgan fingerprint density at radius 3 is 2.69 bits per heavy atom. The van der Waals surface area contributed by atoms with Gasteiger partial charge in [0.25, 0.3) is 5.56 Å². The van der Waals surface area contributed by atoms with Crippen molar-refractivity contribution in [3.05, 3.63) is 39.6 Å². The lowest BCUT2D eigenvalue weighted by atomic mass is 10.1. The molecule has 5 heteroatoms. The number of rotatable bonds is 3. The molecule has 0 saturated carbocycles. The van der Waals surface area contributed by atoms with Gasteiger partial charge >= 0.3 is 0 Å². The summed E-state index contributed by atoms with van der Waals surface area (Å²) in [5.41, 5.74) is 1.50. The highest BCUT2D eigenvalue weighted by Crippen LogP contribution is 2.28. The molecule has 0 saturated heterocycles. The van der Waals surface area contributed by atoms with E-state index in [0.717, 1.165) is 17.1 Å². The fourth-order valence-corrected chi connectivity index (χ4v) is 2.42. The number of aromatic nitrogens is 1. The lowest BCUT2D eigenvalue weighted by Crippen LogP contribution is -2.03. The molecule has 2 N–H and O–H groups in total. The van der Waals surface area contributed by atoms with E-state index >= 15 is 0 Å². The lowest BCUT2D eigenvalue weighted by Gasteiger charge is -2.02. The van der Waals surface area contributed by atoms with Crippen molar-refractivity contribution in [1.82, 2.24) is 4.37 Å². The van der Waals surface area contributed by atoms with Crippen LogP contribution in [0.1, 0.15) is 6.92 Å². The van der Waals surface area contributed by atoms with Crippen LogP contribution < -0.4 is 10.9 Å². The van der Waals surface area contributed by atoms with E-state index in [1.54, 1.807) is 12.1 Å². The first-order valence-corrected chi connectivity index (χ1v) is 6.13. The number of hydrogen-bond acceptors (Lipinski definition) is 3. The summed E-state index contributed by atoms with van der Waals surface area (Å²) in [7, 11) is 0. The van der Waals surface area contributed by atoms with Crippen LogP contribution in [0.25, 0.3) is 11.1 Å². The molecule has 2 aromatic rings. The SMILES string of the molecule is CCNc1s[nH]c(=O)c1-c1ccc(Cl)cc1. The second-order valence-corrected chi connectivity index (χ2v) is 4.53. The van der Waals surface area contributed by atoms with Crippen LogP contribution in [0, 0.1) is 0 Å². The molecule has 1 aromatic carbocycles. The molecule has 0 aliphatic heterocycles. The lowest BCUT2D eigenvalue weighted by molar-refractivity contribution is 1.23. The minimum atomic E-state index is -0.0664. The molecule has 0 bridgehead atoms. The number of benzene rings is 1. The van der Waals surface area contributed by atoms with Gasteiger partial charge in [0.2, 0.25) is 0 Å². The summed E-state index contributed by atoms with van der Waals surface area (Å²) in [4.78, 5) is 11.7. The number of anilines is 1. The standard InChI is InChI=1S/C11H11ClN2OS/c1-2-13-11-9(10(15)14-16-11)7-3-5-8(12)6-4-7/h3-6,13H,2H2,1H3,(H,14,15). The summed E-state index contributed by atoms with van der Waals surface area (Å²) in [6, 6.07) is 7.26. The Morgan fingerprint density at radius 1 is 1.38 bits per heavy atom. The third-order valence-corrected chi connectivity index (χ3v) is 3.26. The van der Waals surface area contributed by atoms with Crippen LogP contribution >= 0.6 is 23.1 Å². The van der Waals surface area contributed by atoms with Gasteiger partial charge in [-0.25, -0.2) is 0 Å². The highest BCUT2D eigenvalue weighted by Gasteiger charge is 2.11. The number of nitrogens with one attached hydrogen (secondary N) is 2. The quantitative estimate of drug-likeness (QED) is 0.884. The molecular formula is C11H11ClN2OS. The summed E-state index contributed by atoms with van der Waals surface area (Å²) in [5.74, 6) is 0. The van der Waals surface area contributed by atoms with Crippen LogP contribution in [0.4, 0.5) is 5.00 Å². The smallest absolute Gasteiger partial charge is 0.268 e. The average Bonchev–Trinajstić information content (AvgIpc) is 2.62. The van der Waals surface area contributed by atoms with Gasteiger partial charge in [-0.15, -0.1) is 0 Å². The Hall–Kier alpha value is -1.26. The Labute approximate surface area is 102 Å². The van der Waals surface area contributed by atoms with E-state index in [2.05, 4.69) is 9.69 Å². The highest BCUT2D eigenvalue weighted by molar-refractivity contribution is 7.10. The maximum absolute atomic E-state index is 11.7. The molecule has 16 heavy (non-hydrogen) atoms. The van der Waals surface area contributed by atoms with Crippen LogP contribution in [0.15, 0.2) is 29.1 Å². The van der Waals surface area contributed by atoms with Crippen LogP contribution in [-0.2, 0) is 0 Å². The average molecular weight is 255 g/mol. The molecule has 1 aromatic heterocycles. The molecule has 0 spiro atoms. The van der Waals surface area contributed by atoms with Gasteiger partial charge in [0.05, 0.1) is 5.56 Å². The fourth-order valence-electron chi connectivity index (χ4n) is 1.47. The van der Waals surface area contributed by atoms with Crippen LogP contribution in [0.2, 0.25) is 5.02 Å². The highest BCUT2D eigenvalue weighted by atomic mass is 35.5. The maximum atomic E-state index is 11.7. The van der Waals surface area contributed by atoms with Crippen molar-refractivity contribution < 1.29 is 0 Å². The van der Waals surface area contributed by atoms with Crippen molar-refractivity contribution in [2.45, 2.75) is 6.92 Å². The van der Waals surface area contributed by atoms with E-state index in [-0.39, 0.29) is 5.56 Å². The molecule has 84 valence electrons. The summed E-state index contributed by atoms with van der Waals surface area (Å²) in [5, 5.41) is 4.70. The number of aromatic amines is 1. The summed E-state index contributed by atoms with van der Waals surface area (Å²) in [6.45, 7) is 2.78. The Morgan fingerprint density at radius 2 is 2.06 bits per heavy atom. The van der Waals surface area contributed by atoms with E-state index in [0.29, 0.717) is 10.6 Å². The molecule has 0 fully saturated rings. The first kappa shape index (κ1) is 11.2. The summed E-state index contributed by atoms with van der Waals surface area (Å²) >= 11 is 7.13. The minimum Gasteiger partial charge on any atom is -0.375 e. The molecule has 0 aliphatic carbocycles. The van der Waals surface area contributed by atoms with Crippen LogP contribution in [0.3, 0.4) is 0 Å². The first-order valence-electron chi connectivity index (χ1n) is 4.93. The molecule has 0 aliphatic rings. The molecule has 1 heterocycles. The van der Waals surface area contributed by atoms with E-state index in [1.807, 2.05) is 19.1 Å². The molecular weight excluding hydrogens is 244 g/mol. The minimum absolute atomic E-state index is 0.0664. The second kappa shape index (κ2) is 4.72. The van der Waals surface area contributed by atoms with Gasteiger partial charge in [-0.3, -0.25) is 9.17 Å². The molecule has 0 radical (unpaired) electrons. The third kappa shape index (κ3) is 2.13. The molecule has 2 rings (SSSR count). The van der Waals surface area contributed by atoms with Gasteiger partial charge in [-0.1, -0.05) is 23.7 Å². The third-order valence-electron chi connectivity index (χ3n) is 2.17. The predicted octanol–water partition coefficient (Wildman–Crippen LogP) is 3.19. The zero-order valence-electron chi connectivity index (χ0n) is 8.71. The monoisotopic (exact) mass is 254 g/mol. The molecule has 0 unspecified atom stereocenters. The van der Waals surface area contributed by atoms with Crippen LogP contribution in [-0.4, -0.2) is 10.9 Å². The van der Waals surface area contributed by atoms with E-state index < -0.39 is 0 Å². The van der Waals surface area contributed by atoms with Crippen molar-refractivity contribution in [2.75, 3.05) is 11.9 Å². The fraction of sp³-hybridized carbons (Fsp3) is 0.182. The van der Waals surface area contributed by atoms with Gasteiger partial charge in [0, 0.05) is 11.6 Å². The van der Waals surface area contributed by atoms with Gasteiger partial charge in [-0.2, -0.15) is 0 Å². The predicted molar refractivity (Wildman–Crippen MR) is 69.5 cm³/mol. The Balaban J connectivity index is 2.50. The van der Waals surface area contributed by atoms with E-state index in [4.69, 9.17) is 11.6 Å². The number of halogens is 1. The molecule has 0 atom stereocenters. The van der Waals surface area contributed by atoms with Crippen molar-refractivity contribution in [2.24, 2.45) is 0 Å². The van der Waals surface area contributed by atoms with Gasteiger partial charge in [0.15, 0.2) is 0 Å². The van der Waals surface area contributed by atoms with Gasteiger partial charge in [0.1, 0.15) is 5.00 Å². The van der Waals surface area contributed by atoms with Crippen molar-refractivity contribution in [3.63, 3.8) is 0 Å². The van der Waals surface area contributed by atoms with Gasteiger partial charge < -0.3 is 5.32 Å². The maximum Gasteiger partial charge on any atom is 0.268 e. The van der Waals surface area contributed by atoms with Gasteiger partial charge in [-0.05, 0) is 36.2 Å². The van der Waals surface area contributed by atoms with Crippen molar-refractivity contribution >= 4 is 28.1 Å². The second-order valence-electron chi connectivity index (χ2n) is 3.27. The van der Waals surface area contributed by atoms with Crippen molar-refractivity contribution in [3.8, 4) is 11.1 Å². The zero-order valence-corrected chi connectivity index (χ0v) is 10.3. The summed E-state index contributed by atoms with van der Waals surface area (Å²) < 4.78 is 2.73. The topological polar surface area (TPSA) is 44.9 Å². The van der Waals surface area contributed by atoms with E-state index in [1.165, 1.54) is 11.5 Å². The van der Waals surface area contributed by atoms with Crippen LogP contribution in [0.5, 0.6) is 0 Å². The zero-order chi connectivity index (χ0) is 11.5.